The molecule has 2 fully saturated rings. The molecule has 0 saturated heterocycles. The van der Waals surface area contributed by atoms with Crippen LogP contribution in [0.15, 0.2) is 30.3 Å². The SMILES string of the molecule is O=C(/C=C/c1ccc([N+](=O)[O-])cc1)N[C@H]1C[C@H]2CC[C@@H]1C2. The second-order valence-electron chi connectivity index (χ2n) is 5.97. The van der Waals surface area contributed by atoms with Gasteiger partial charge in [-0.05, 0) is 54.9 Å². The van der Waals surface area contributed by atoms with Crippen molar-refractivity contribution >= 4 is 17.7 Å². The van der Waals surface area contributed by atoms with E-state index in [1.807, 2.05) is 0 Å². The normalized spacial score (nSPS) is 27.1. The molecule has 2 bridgehead atoms. The second kappa shape index (κ2) is 5.68. The summed E-state index contributed by atoms with van der Waals surface area (Å²) in [6.07, 6.45) is 8.12. The smallest absolute Gasteiger partial charge is 0.269 e. The van der Waals surface area contributed by atoms with Gasteiger partial charge in [-0.15, -0.1) is 0 Å². The molecule has 2 aliphatic rings. The Hall–Kier alpha value is -2.17. The van der Waals surface area contributed by atoms with E-state index in [1.165, 1.54) is 37.5 Å². The molecule has 5 heteroatoms. The van der Waals surface area contributed by atoms with Crippen molar-refractivity contribution in [3.63, 3.8) is 0 Å². The van der Waals surface area contributed by atoms with E-state index in [2.05, 4.69) is 5.32 Å². The van der Waals surface area contributed by atoms with Gasteiger partial charge >= 0.3 is 0 Å². The first-order valence-electron chi connectivity index (χ1n) is 7.35. The summed E-state index contributed by atoms with van der Waals surface area (Å²) >= 11 is 0. The first-order chi connectivity index (χ1) is 10.1. The van der Waals surface area contributed by atoms with Gasteiger partial charge in [0.2, 0.25) is 5.91 Å². The average Bonchev–Trinajstić information content (AvgIpc) is 3.08. The number of hydrogen-bond donors (Lipinski definition) is 1. The molecule has 3 atom stereocenters. The van der Waals surface area contributed by atoms with Crippen LogP contribution in [0.5, 0.6) is 0 Å². The van der Waals surface area contributed by atoms with Crippen LogP contribution in [0.25, 0.3) is 6.08 Å². The van der Waals surface area contributed by atoms with Gasteiger partial charge in [0, 0.05) is 24.3 Å². The number of rotatable bonds is 4. The van der Waals surface area contributed by atoms with Crippen LogP contribution in [-0.4, -0.2) is 16.9 Å². The van der Waals surface area contributed by atoms with Crippen LogP contribution >= 0.6 is 0 Å². The van der Waals surface area contributed by atoms with Gasteiger partial charge in [-0.1, -0.05) is 6.42 Å². The number of non-ortho nitro benzene ring substituents is 1. The van der Waals surface area contributed by atoms with E-state index in [1.54, 1.807) is 18.2 Å². The molecule has 5 nitrogen and oxygen atoms in total. The highest BCUT2D eigenvalue weighted by Gasteiger charge is 2.39. The quantitative estimate of drug-likeness (QED) is 0.525. The van der Waals surface area contributed by atoms with Crippen LogP contribution in [0.1, 0.15) is 31.2 Å². The standard InChI is InChI=1S/C16H18N2O3/c19-16(17-15-10-12-1-5-13(15)9-12)8-4-11-2-6-14(7-3-11)18(20)21/h2-4,6-8,12-13,15H,1,5,9-10H2,(H,17,19)/b8-4+/t12-,13+,15-/m0/s1. The van der Waals surface area contributed by atoms with Gasteiger partial charge in [0.05, 0.1) is 4.92 Å². The lowest BCUT2D eigenvalue weighted by atomic mass is 9.95. The van der Waals surface area contributed by atoms with Crippen LogP contribution in [0.4, 0.5) is 5.69 Å². The molecule has 0 heterocycles. The van der Waals surface area contributed by atoms with Crippen LogP contribution < -0.4 is 5.32 Å². The Kier molecular flexibility index (Phi) is 3.73. The van der Waals surface area contributed by atoms with Crippen LogP contribution in [0, 0.1) is 22.0 Å². The molecule has 1 aromatic rings. The minimum Gasteiger partial charge on any atom is -0.350 e. The first kappa shape index (κ1) is 13.8. The lowest BCUT2D eigenvalue weighted by molar-refractivity contribution is -0.384. The van der Waals surface area contributed by atoms with E-state index < -0.39 is 4.92 Å². The number of benzene rings is 1. The van der Waals surface area contributed by atoms with Crippen molar-refractivity contribution in [2.24, 2.45) is 11.8 Å². The number of amides is 1. The molecule has 2 saturated carbocycles. The number of fused-ring (bicyclic) bond motifs is 2. The zero-order valence-corrected chi connectivity index (χ0v) is 11.7. The maximum Gasteiger partial charge on any atom is 0.269 e. The first-order valence-corrected chi connectivity index (χ1v) is 7.35. The number of hydrogen-bond acceptors (Lipinski definition) is 3. The molecule has 21 heavy (non-hydrogen) atoms. The summed E-state index contributed by atoms with van der Waals surface area (Å²) in [5, 5.41) is 13.6. The Labute approximate surface area is 123 Å². The molecule has 0 aliphatic heterocycles. The summed E-state index contributed by atoms with van der Waals surface area (Å²) in [7, 11) is 0. The van der Waals surface area contributed by atoms with Gasteiger partial charge in [-0.25, -0.2) is 0 Å². The molecule has 1 aromatic carbocycles. The number of nitrogens with one attached hydrogen (secondary N) is 1. The van der Waals surface area contributed by atoms with E-state index in [-0.39, 0.29) is 11.6 Å². The predicted molar refractivity (Wildman–Crippen MR) is 79.5 cm³/mol. The zero-order chi connectivity index (χ0) is 14.8. The van der Waals surface area contributed by atoms with Gasteiger partial charge < -0.3 is 5.32 Å². The van der Waals surface area contributed by atoms with Crippen molar-refractivity contribution in [1.29, 1.82) is 0 Å². The van der Waals surface area contributed by atoms with E-state index in [0.717, 1.165) is 17.9 Å². The fourth-order valence-corrected chi connectivity index (χ4v) is 3.53. The van der Waals surface area contributed by atoms with Crippen molar-refractivity contribution in [2.75, 3.05) is 0 Å². The number of nitro benzene ring substituents is 1. The van der Waals surface area contributed by atoms with Crippen molar-refractivity contribution in [1.82, 2.24) is 5.32 Å². The molecule has 1 N–H and O–H groups in total. The van der Waals surface area contributed by atoms with Gasteiger partial charge in [0.15, 0.2) is 0 Å². The molecule has 0 spiro atoms. The monoisotopic (exact) mass is 286 g/mol. The Bertz CT molecular complexity index is 580. The van der Waals surface area contributed by atoms with Crippen LogP contribution in [-0.2, 0) is 4.79 Å². The minimum atomic E-state index is -0.435. The summed E-state index contributed by atoms with van der Waals surface area (Å²) in [6, 6.07) is 6.48. The maximum atomic E-state index is 11.9. The summed E-state index contributed by atoms with van der Waals surface area (Å²) < 4.78 is 0. The van der Waals surface area contributed by atoms with Crippen molar-refractivity contribution < 1.29 is 9.72 Å². The van der Waals surface area contributed by atoms with Crippen molar-refractivity contribution in [2.45, 2.75) is 31.7 Å². The third kappa shape index (κ3) is 3.12. The van der Waals surface area contributed by atoms with Crippen LogP contribution in [0.3, 0.4) is 0 Å². The number of nitro groups is 1. The highest BCUT2D eigenvalue weighted by atomic mass is 16.6. The highest BCUT2D eigenvalue weighted by molar-refractivity contribution is 5.92. The third-order valence-electron chi connectivity index (χ3n) is 4.60. The average molecular weight is 286 g/mol. The van der Waals surface area contributed by atoms with Crippen LogP contribution in [0.2, 0.25) is 0 Å². The lowest BCUT2D eigenvalue weighted by Crippen LogP contribution is -2.37. The van der Waals surface area contributed by atoms with Gasteiger partial charge in [0.1, 0.15) is 0 Å². The van der Waals surface area contributed by atoms with E-state index in [9.17, 15) is 14.9 Å². The highest BCUT2D eigenvalue weighted by Crippen LogP contribution is 2.44. The molecule has 0 aromatic heterocycles. The molecular weight excluding hydrogens is 268 g/mol. The number of carbonyl (C=O) groups is 1. The summed E-state index contributed by atoms with van der Waals surface area (Å²) in [5.41, 5.74) is 0.835. The Morgan fingerprint density at radius 2 is 2.00 bits per heavy atom. The van der Waals surface area contributed by atoms with E-state index in [4.69, 9.17) is 0 Å². The van der Waals surface area contributed by atoms with E-state index in [0.29, 0.717) is 12.0 Å². The Morgan fingerprint density at radius 3 is 2.57 bits per heavy atom. The fourth-order valence-electron chi connectivity index (χ4n) is 3.53. The Balaban J connectivity index is 1.55. The minimum absolute atomic E-state index is 0.0542. The molecule has 110 valence electrons. The third-order valence-corrected chi connectivity index (χ3v) is 4.60. The number of nitrogens with zero attached hydrogens (tertiary/aromatic N) is 1. The van der Waals surface area contributed by atoms with Gasteiger partial charge in [0.25, 0.3) is 5.69 Å². The number of carbonyl (C=O) groups excluding carboxylic acids is 1. The molecule has 0 radical (unpaired) electrons. The summed E-state index contributed by atoms with van der Waals surface area (Å²) in [5.74, 6) is 1.39. The largest absolute Gasteiger partial charge is 0.350 e. The topological polar surface area (TPSA) is 72.2 Å². The lowest BCUT2D eigenvalue weighted by Gasteiger charge is -2.22. The van der Waals surface area contributed by atoms with Crippen molar-refractivity contribution in [3.05, 3.63) is 46.0 Å². The summed E-state index contributed by atoms with van der Waals surface area (Å²) in [4.78, 5) is 22.0. The molecule has 3 rings (SSSR count). The molecule has 0 unspecified atom stereocenters. The second-order valence-corrected chi connectivity index (χ2v) is 5.97. The van der Waals surface area contributed by atoms with Gasteiger partial charge in [-0.2, -0.15) is 0 Å². The molecule has 1 amide bonds. The van der Waals surface area contributed by atoms with E-state index >= 15 is 0 Å². The summed E-state index contributed by atoms with van der Waals surface area (Å²) in [6.45, 7) is 0. The van der Waals surface area contributed by atoms with Gasteiger partial charge in [-0.3, -0.25) is 14.9 Å². The Morgan fingerprint density at radius 1 is 1.24 bits per heavy atom. The molecule has 2 aliphatic carbocycles. The molecular formula is C16H18N2O3. The maximum absolute atomic E-state index is 11.9. The van der Waals surface area contributed by atoms with Crippen molar-refractivity contribution in [3.8, 4) is 0 Å². The fraction of sp³-hybridized carbons (Fsp3) is 0.438. The predicted octanol–water partition coefficient (Wildman–Crippen LogP) is 2.91. The zero-order valence-electron chi connectivity index (χ0n) is 11.7.